The summed E-state index contributed by atoms with van der Waals surface area (Å²) in [7, 11) is 0. The van der Waals surface area contributed by atoms with Crippen LogP contribution in [0.15, 0.2) is 0 Å². The lowest BCUT2D eigenvalue weighted by Crippen LogP contribution is -2.54. The summed E-state index contributed by atoms with van der Waals surface area (Å²) in [6.07, 6.45) is 12.3. The van der Waals surface area contributed by atoms with Crippen LogP contribution in [0, 0.1) is 0 Å². The average molecular weight is 267 g/mol. The van der Waals surface area contributed by atoms with Crippen molar-refractivity contribution in [3.05, 3.63) is 0 Å². The van der Waals surface area contributed by atoms with E-state index in [1.165, 1.54) is 64.5 Å². The Morgan fingerprint density at radius 3 is 2.47 bits per heavy atom. The van der Waals surface area contributed by atoms with Crippen molar-refractivity contribution in [1.82, 2.24) is 4.90 Å². The standard InChI is InChI=1S/C16H29NO2/c18-15(8-7-14-6-5-13-19-14)16(9-1-2-10-16)17-11-3-4-12-17/h14-15,18H,1-13H2. The molecule has 2 atom stereocenters. The maximum atomic E-state index is 10.8. The Morgan fingerprint density at radius 2 is 1.84 bits per heavy atom. The minimum atomic E-state index is -0.141. The van der Waals surface area contributed by atoms with Crippen molar-refractivity contribution < 1.29 is 9.84 Å². The molecule has 0 aromatic rings. The molecule has 2 heterocycles. The van der Waals surface area contributed by atoms with Crippen LogP contribution < -0.4 is 0 Å². The highest BCUT2D eigenvalue weighted by molar-refractivity contribution is 5.01. The summed E-state index contributed by atoms with van der Waals surface area (Å²) < 4.78 is 5.70. The van der Waals surface area contributed by atoms with Crippen LogP contribution in [0.5, 0.6) is 0 Å². The molecule has 0 aromatic carbocycles. The number of hydrogen-bond donors (Lipinski definition) is 1. The van der Waals surface area contributed by atoms with E-state index in [2.05, 4.69) is 4.90 Å². The van der Waals surface area contributed by atoms with E-state index in [1.807, 2.05) is 0 Å². The second-order valence-electron chi connectivity index (χ2n) is 6.73. The summed E-state index contributed by atoms with van der Waals surface area (Å²) in [5.74, 6) is 0. The first-order valence-corrected chi connectivity index (χ1v) is 8.36. The highest BCUT2D eigenvalue weighted by Gasteiger charge is 2.45. The summed E-state index contributed by atoms with van der Waals surface area (Å²) >= 11 is 0. The van der Waals surface area contributed by atoms with Crippen molar-refractivity contribution in [2.45, 2.75) is 82.0 Å². The fourth-order valence-electron chi connectivity index (χ4n) is 4.49. The van der Waals surface area contributed by atoms with Gasteiger partial charge in [-0.15, -0.1) is 0 Å². The van der Waals surface area contributed by atoms with E-state index in [1.54, 1.807) is 0 Å². The van der Waals surface area contributed by atoms with Crippen LogP contribution in [0.2, 0.25) is 0 Å². The zero-order valence-electron chi connectivity index (χ0n) is 12.1. The Morgan fingerprint density at radius 1 is 1.11 bits per heavy atom. The highest BCUT2D eigenvalue weighted by atomic mass is 16.5. The van der Waals surface area contributed by atoms with Gasteiger partial charge in [0.1, 0.15) is 0 Å². The first-order valence-electron chi connectivity index (χ1n) is 8.36. The largest absolute Gasteiger partial charge is 0.391 e. The molecule has 2 saturated heterocycles. The predicted molar refractivity (Wildman–Crippen MR) is 76.2 cm³/mol. The number of aliphatic hydroxyl groups excluding tert-OH is 1. The van der Waals surface area contributed by atoms with Gasteiger partial charge in [0, 0.05) is 12.1 Å². The fraction of sp³-hybridized carbons (Fsp3) is 1.00. The van der Waals surface area contributed by atoms with Crippen LogP contribution in [-0.4, -0.2) is 47.4 Å². The zero-order chi connectivity index (χ0) is 13.1. The van der Waals surface area contributed by atoms with Gasteiger partial charge in [-0.3, -0.25) is 4.90 Å². The second kappa shape index (κ2) is 6.11. The second-order valence-corrected chi connectivity index (χ2v) is 6.73. The molecule has 110 valence electrons. The van der Waals surface area contributed by atoms with E-state index >= 15 is 0 Å². The SMILES string of the molecule is OC(CCC1CCCO1)C1(N2CCCC2)CCCC1. The maximum absolute atomic E-state index is 10.8. The van der Waals surface area contributed by atoms with Crippen molar-refractivity contribution in [3.8, 4) is 0 Å². The van der Waals surface area contributed by atoms with Gasteiger partial charge >= 0.3 is 0 Å². The van der Waals surface area contributed by atoms with Gasteiger partial charge in [-0.2, -0.15) is 0 Å². The van der Waals surface area contributed by atoms with Gasteiger partial charge in [0.15, 0.2) is 0 Å². The first-order chi connectivity index (χ1) is 9.31. The van der Waals surface area contributed by atoms with E-state index in [0.717, 1.165) is 19.4 Å². The minimum Gasteiger partial charge on any atom is -0.391 e. The molecule has 1 saturated carbocycles. The van der Waals surface area contributed by atoms with E-state index in [9.17, 15) is 5.11 Å². The molecule has 1 N–H and O–H groups in total. The van der Waals surface area contributed by atoms with Crippen molar-refractivity contribution in [1.29, 1.82) is 0 Å². The summed E-state index contributed by atoms with van der Waals surface area (Å²) in [6, 6.07) is 0. The van der Waals surface area contributed by atoms with Gasteiger partial charge < -0.3 is 9.84 Å². The molecule has 1 aliphatic carbocycles. The molecule has 2 unspecified atom stereocenters. The van der Waals surface area contributed by atoms with Crippen molar-refractivity contribution in [2.75, 3.05) is 19.7 Å². The maximum Gasteiger partial charge on any atom is 0.0724 e. The number of aliphatic hydroxyl groups is 1. The van der Waals surface area contributed by atoms with Crippen molar-refractivity contribution in [3.63, 3.8) is 0 Å². The van der Waals surface area contributed by atoms with Crippen LogP contribution >= 0.6 is 0 Å². The van der Waals surface area contributed by atoms with Gasteiger partial charge in [0.25, 0.3) is 0 Å². The summed E-state index contributed by atoms with van der Waals surface area (Å²) in [6.45, 7) is 3.34. The summed E-state index contributed by atoms with van der Waals surface area (Å²) in [5, 5.41) is 10.8. The quantitative estimate of drug-likeness (QED) is 0.831. The third kappa shape index (κ3) is 2.84. The van der Waals surface area contributed by atoms with Gasteiger partial charge in [-0.1, -0.05) is 12.8 Å². The number of rotatable bonds is 5. The van der Waals surface area contributed by atoms with E-state index in [4.69, 9.17) is 4.74 Å². The monoisotopic (exact) mass is 267 g/mol. The lowest BCUT2D eigenvalue weighted by atomic mass is 9.85. The molecule has 0 bridgehead atoms. The van der Waals surface area contributed by atoms with Gasteiger partial charge in [0.2, 0.25) is 0 Å². The van der Waals surface area contributed by atoms with Gasteiger partial charge in [-0.05, 0) is 64.5 Å². The molecule has 3 fully saturated rings. The molecule has 3 nitrogen and oxygen atoms in total. The fourth-order valence-corrected chi connectivity index (χ4v) is 4.49. The van der Waals surface area contributed by atoms with Crippen molar-refractivity contribution >= 4 is 0 Å². The molecule has 3 rings (SSSR count). The normalized spacial score (nSPS) is 33.0. The molecule has 3 aliphatic rings. The Hall–Kier alpha value is -0.120. The van der Waals surface area contributed by atoms with Crippen LogP contribution in [0.3, 0.4) is 0 Å². The average Bonchev–Trinajstić information content (AvgIpc) is 3.15. The molecule has 2 aliphatic heterocycles. The Kier molecular flexibility index (Phi) is 4.45. The van der Waals surface area contributed by atoms with Crippen LogP contribution in [0.25, 0.3) is 0 Å². The van der Waals surface area contributed by atoms with Gasteiger partial charge in [0.05, 0.1) is 12.2 Å². The van der Waals surface area contributed by atoms with Crippen LogP contribution in [0.1, 0.15) is 64.2 Å². The Labute approximate surface area is 117 Å². The number of likely N-dealkylation sites (tertiary alicyclic amines) is 1. The highest BCUT2D eigenvalue weighted by Crippen LogP contribution is 2.41. The molecule has 0 aromatic heterocycles. The first kappa shape index (κ1) is 13.8. The summed E-state index contributed by atoms with van der Waals surface area (Å²) in [4.78, 5) is 2.61. The topological polar surface area (TPSA) is 32.7 Å². The van der Waals surface area contributed by atoms with E-state index in [-0.39, 0.29) is 11.6 Å². The smallest absolute Gasteiger partial charge is 0.0724 e. The lowest BCUT2D eigenvalue weighted by Gasteiger charge is -2.43. The molecule has 0 radical (unpaired) electrons. The number of ether oxygens (including phenoxy) is 1. The minimum absolute atomic E-state index is 0.120. The molecule has 0 amide bonds. The Bertz CT molecular complexity index is 276. The lowest BCUT2D eigenvalue weighted by molar-refractivity contribution is -0.0298. The number of hydrogen-bond acceptors (Lipinski definition) is 3. The molecule has 3 heteroatoms. The van der Waals surface area contributed by atoms with Crippen LogP contribution in [-0.2, 0) is 4.74 Å². The van der Waals surface area contributed by atoms with E-state index < -0.39 is 0 Å². The van der Waals surface area contributed by atoms with Crippen LogP contribution in [0.4, 0.5) is 0 Å². The number of nitrogens with zero attached hydrogens (tertiary/aromatic N) is 1. The third-order valence-corrected chi connectivity index (χ3v) is 5.61. The van der Waals surface area contributed by atoms with Gasteiger partial charge in [-0.25, -0.2) is 0 Å². The molecular formula is C16H29NO2. The molecule has 0 spiro atoms. The summed E-state index contributed by atoms with van der Waals surface area (Å²) in [5.41, 5.74) is 0.120. The van der Waals surface area contributed by atoms with E-state index in [0.29, 0.717) is 6.10 Å². The predicted octanol–water partition coefficient (Wildman–Crippen LogP) is 2.72. The molecule has 19 heavy (non-hydrogen) atoms. The Balaban J connectivity index is 1.58. The van der Waals surface area contributed by atoms with Crippen molar-refractivity contribution in [2.24, 2.45) is 0 Å². The third-order valence-electron chi connectivity index (χ3n) is 5.61. The zero-order valence-corrected chi connectivity index (χ0v) is 12.1. The molecular weight excluding hydrogens is 238 g/mol.